The van der Waals surface area contributed by atoms with Gasteiger partial charge in [0, 0.05) is 57.3 Å². The van der Waals surface area contributed by atoms with Crippen LogP contribution in [0.3, 0.4) is 0 Å². The lowest BCUT2D eigenvalue weighted by Crippen LogP contribution is -2.44. The number of fused-ring (bicyclic) bond motifs is 1. The summed E-state index contributed by atoms with van der Waals surface area (Å²) in [7, 11) is -1.24. The van der Waals surface area contributed by atoms with Gasteiger partial charge in [0.1, 0.15) is 18.8 Å². The Morgan fingerprint density at radius 1 is 1.07 bits per heavy atom. The zero-order chi connectivity index (χ0) is 20.3. The number of piperazine rings is 1. The summed E-state index contributed by atoms with van der Waals surface area (Å²) in [4.78, 5) is 13.3. The summed E-state index contributed by atoms with van der Waals surface area (Å²) in [5.74, 6) is 2.63. The van der Waals surface area contributed by atoms with Gasteiger partial charge in [0.05, 0.1) is 24.1 Å². The SMILES string of the molecule is COc1cc2c(N3CCNCC3)ncnc2cc1OCCN1CCS(=O)(=O)CC1. The molecule has 0 amide bonds. The molecule has 3 heterocycles. The normalized spacial score (nSPS) is 20.0. The maximum atomic E-state index is 11.5. The molecular weight excluding hydrogens is 394 g/mol. The van der Waals surface area contributed by atoms with Crippen molar-refractivity contribution in [1.29, 1.82) is 0 Å². The van der Waals surface area contributed by atoms with E-state index in [1.54, 1.807) is 13.4 Å². The highest BCUT2D eigenvalue weighted by molar-refractivity contribution is 7.91. The lowest BCUT2D eigenvalue weighted by molar-refractivity contribution is 0.214. The molecule has 2 aromatic rings. The first-order valence-corrected chi connectivity index (χ1v) is 11.7. The van der Waals surface area contributed by atoms with Crippen LogP contribution in [-0.2, 0) is 9.84 Å². The highest BCUT2D eigenvalue weighted by Crippen LogP contribution is 2.35. The van der Waals surface area contributed by atoms with Crippen molar-refractivity contribution in [3.05, 3.63) is 18.5 Å². The third kappa shape index (κ3) is 4.71. The van der Waals surface area contributed by atoms with Crippen LogP contribution in [0.5, 0.6) is 11.5 Å². The molecule has 29 heavy (non-hydrogen) atoms. The number of nitrogens with one attached hydrogen (secondary N) is 1. The lowest BCUT2D eigenvalue weighted by atomic mass is 10.2. The van der Waals surface area contributed by atoms with Crippen molar-refractivity contribution < 1.29 is 17.9 Å². The summed E-state index contributed by atoms with van der Waals surface area (Å²) in [6.07, 6.45) is 1.59. The van der Waals surface area contributed by atoms with Crippen LogP contribution in [0.1, 0.15) is 0 Å². The van der Waals surface area contributed by atoms with Crippen LogP contribution in [0, 0.1) is 0 Å². The fourth-order valence-electron chi connectivity index (χ4n) is 3.71. The van der Waals surface area contributed by atoms with Crippen molar-refractivity contribution >= 4 is 26.6 Å². The number of aromatic nitrogens is 2. The van der Waals surface area contributed by atoms with Gasteiger partial charge in [0.25, 0.3) is 0 Å². The van der Waals surface area contributed by atoms with Gasteiger partial charge in [0.15, 0.2) is 21.3 Å². The predicted octanol–water partition coefficient (Wildman–Crippen LogP) is 0.157. The van der Waals surface area contributed by atoms with Crippen LogP contribution in [0.25, 0.3) is 10.9 Å². The molecule has 0 atom stereocenters. The first-order valence-electron chi connectivity index (χ1n) is 9.90. The first kappa shape index (κ1) is 20.1. The van der Waals surface area contributed by atoms with Gasteiger partial charge in [-0.1, -0.05) is 0 Å². The molecule has 0 unspecified atom stereocenters. The fraction of sp³-hybridized carbons (Fsp3) is 0.579. The molecule has 0 bridgehead atoms. The number of hydrogen-bond donors (Lipinski definition) is 1. The number of ether oxygens (including phenoxy) is 2. The van der Waals surface area contributed by atoms with Gasteiger partial charge in [-0.15, -0.1) is 0 Å². The van der Waals surface area contributed by atoms with Gasteiger partial charge in [-0.05, 0) is 6.07 Å². The van der Waals surface area contributed by atoms with Gasteiger partial charge in [-0.3, -0.25) is 4.90 Å². The van der Waals surface area contributed by atoms with Crippen LogP contribution in [0.4, 0.5) is 5.82 Å². The molecule has 0 radical (unpaired) electrons. The zero-order valence-electron chi connectivity index (χ0n) is 16.6. The fourth-order valence-corrected chi connectivity index (χ4v) is 4.99. The van der Waals surface area contributed by atoms with Crippen LogP contribution in [-0.4, -0.2) is 94.3 Å². The van der Waals surface area contributed by atoms with Gasteiger partial charge >= 0.3 is 0 Å². The summed E-state index contributed by atoms with van der Waals surface area (Å²) >= 11 is 0. The highest BCUT2D eigenvalue weighted by Gasteiger charge is 2.22. The molecule has 0 aliphatic carbocycles. The Bertz CT molecular complexity index is 948. The largest absolute Gasteiger partial charge is 0.493 e. The van der Waals surface area contributed by atoms with Gasteiger partial charge < -0.3 is 19.7 Å². The molecule has 1 N–H and O–H groups in total. The second-order valence-corrected chi connectivity index (χ2v) is 9.60. The summed E-state index contributed by atoms with van der Waals surface area (Å²) in [6, 6.07) is 3.83. The Morgan fingerprint density at radius 2 is 1.83 bits per heavy atom. The topological polar surface area (TPSA) is 96.9 Å². The maximum absolute atomic E-state index is 11.5. The number of methoxy groups -OCH3 is 1. The summed E-state index contributed by atoms with van der Waals surface area (Å²) in [5, 5.41) is 4.30. The van der Waals surface area contributed by atoms with Crippen molar-refractivity contribution in [2.75, 3.05) is 75.9 Å². The zero-order valence-corrected chi connectivity index (χ0v) is 17.4. The molecule has 158 valence electrons. The van der Waals surface area contributed by atoms with E-state index in [0.717, 1.165) is 42.9 Å². The summed E-state index contributed by atoms with van der Waals surface area (Å²) in [5.41, 5.74) is 0.813. The molecule has 0 saturated carbocycles. The minimum absolute atomic E-state index is 0.220. The number of sulfone groups is 1. The van der Waals surface area contributed by atoms with E-state index in [1.165, 1.54) is 0 Å². The summed E-state index contributed by atoms with van der Waals surface area (Å²) < 4.78 is 34.6. The van der Waals surface area contributed by atoms with E-state index in [-0.39, 0.29) is 11.5 Å². The molecule has 10 heteroatoms. The van der Waals surface area contributed by atoms with Gasteiger partial charge in [-0.2, -0.15) is 0 Å². The van der Waals surface area contributed by atoms with Crippen molar-refractivity contribution in [2.45, 2.75) is 0 Å². The first-order chi connectivity index (χ1) is 14.1. The Labute approximate surface area is 170 Å². The number of benzene rings is 1. The van der Waals surface area contributed by atoms with E-state index in [9.17, 15) is 8.42 Å². The Hall–Kier alpha value is -2.17. The third-order valence-corrected chi connectivity index (χ3v) is 7.03. The van der Waals surface area contributed by atoms with Crippen LogP contribution < -0.4 is 19.7 Å². The summed E-state index contributed by atoms with van der Waals surface area (Å²) in [6.45, 7) is 5.91. The Balaban J connectivity index is 1.48. The predicted molar refractivity (Wildman–Crippen MR) is 112 cm³/mol. The van der Waals surface area contributed by atoms with E-state index in [0.29, 0.717) is 37.7 Å². The van der Waals surface area contributed by atoms with Crippen LogP contribution in [0.15, 0.2) is 18.5 Å². The molecule has 0 spiro atoms. The number of hydrogen-bond acceptors (Lipinski definition) is 9. The van der Waals surface area contributed by atoms with E-state index >= 15 is 0 Å². The second-order valence-electron chi connectivity index (χ2n) is 7.30. The van der Waals surface area contributed by atoms with E-state index < -0.39 is 9.84 Å². The van der Waals surface area contributed by atoms with Crippen molar-refractivity contribution in [3.63, 3.8) is 0 Å². The molecule has 1 aromatic heterocycles. The quantitative estimate of drug-likeness (QED) is 0.699. The third-order valence-electron chi connectivity index (χ3n) is 5.42. The van der Waals surface area contributed by atoms with Crippen molar-refractivity contribution in [2.24, 2.45) is 0 Å². The van der Waals surface area contributed by atoms with Crippen molar-refractivity contribution in [1.82, 2.24) is 20.2 Å². The average Bonchev–Trinajstić information content (AvgIpc) is 2.74. The molecule has 2 aliphatic rings. The second kappa shape index (κ2) is 8.68. The minimum atomic E-state index is -2.87. The number of rotatable bonds is 6. The highest BCUT2D eigenvalue weighted by atomic mass is 32.2. The van der Waals surface area contributed by atoms with Crippen LogP contribution in [0.2, 0.25) is 0 Å². The molecule has 2 saturated heterocycles. The monoisotopic (exact) mass is 421 g/mol. The van der Waals surface area contributed by atoms with E-state index in [1.807, 2.05) is 12.1 Å². The number of anilines is 1. The lowest BCUT2D eigenvalue weighted by Gasteiger charge is -2.29. The Morgan fingerprint density at radius 3 is 2.55 bits per heavy atom. The standard InChI is InChI=1S/C19H27N5O4S/c1-27-17-12-15-16(21-14-22-19(15)24-4-2-20-3-5-24)13-18(17)28-9-6-23-7-10-29(25,26)11-8-23/h12-14,20H,2-11H2,1H3. The molecule has 2 aliphatic heterocycles. The van der Waals surface area contributed by atoms with Crippen molar-refractivity contribution in [3.8, 4) is 11.5 Å². The molecule has 4 rings (SSSR count). The Kier molecular flexibility index (Phi) is 6.02. The van der Waals surface area contributed by atoms with Crippen LogP contribution >= 0.6 is 0 Å². The van der Waals surface area contributed by atoms with Gasteiger partial charge in [0.2, 0.25) is 0 Å². The van der Waals surface area contributed by atoms with Gasteiger partial charge in [-0.25, -0.2) is 18.4 Å². The molecule has 9 nitrogen and oxygen atoms in total. The smallest absolute Gasteiger partial charge is 0.163 e. The molecule has 1 aromatic carbocycles. The molecular formula is C19H27N5O4S. The minimum Gasteiger partial charge on any atom is -0.493 e. The maximum Gasteiger partial charge on any atom is 0.163 e. The molecule has 2 fully saturated rings. The van der Waals surface area contributed by atoms with E-state index in [2.05, 4.69) is 25.1 Å². The number of nitrogens with zero attached hydrogens (tertiary/aromatic N) is 4. The average molecular weight is 422 g/mol. The van der Waals surface area contributed by atoms with E-state index in [4.69, 9.17) is 9.47 Å².